The van der Waals surface area contributed by atoms with Crippen LogP contribution in [0.5, 0.6) is 0 Å². The molecule has 0 bridgehead atoms. The first-order valence-corrected chi connectivity index (χ1v) is 12.8. The van der Waals surface area contributed by atoms with Crippen LogP contribution < -0.4 is 0 Å². The lowest BCUT2D eigenvalue weighted by molar-refractivity contribution is -0.157. The summed E-state index contributed by atoms with van der Waals surface area (Å²) in [7, 11) is -4.75. The lowest BCUT2D eigenvalue weighted by Gasteiger charge is -2.15. The molecule has 0 aliphatic heterocycles. The Bertz CT molecular complexity index is 509. The van der Waals surface area contributed by atoms with Gasteiger partial charge in [-0.15, -0.1) is 0 Å². The number of carbonyl (C=O) groups excluding carboxylic acids is 1. The van der Waals surface area contributed by atoms with E-state index in [0.717, 1.165) is 19.3 Å². The van der Waals surface area contributed by atoms with E-state index in [4.69, 9.17) is 14.4 Å². The molecule has 0 aliphatic rings. The fourth-order valence-electron chi connectivity index (χ4n) is 3.20. The van der Waals surface area contributed by atoms with Crippen LogP contribution in [-0.2, 0) is 24.1 Å². The van der Waals surface area contributed by atoms with Gasteiger partial charge >= 0.3 is 16.4 Å². The van der Waals surface area contributed by atoms with E-state index in [0.29, 0.717) is 6.42 Å². The highest BCUT2D eigenvalue weighted by molar-refractivity contribution is 7.80. The van der Waals surface area contributed by atoms with Gasteiger partial charge in [0.05, 0.1) is 6.61 Å². The second kappa shape index (κ2) is 19.0. The highest BCUT2D eigenvalue weighted by atomic mass is 32.3. The number of aliphatic hydroxyl groups excluding tert-OH is 2. The third-order valence-corrected chi connectivity index (χ3v) is 5.49. The van der Waals surface area contributed by atoms with Gasteiger partial charge in [0.25, 0.3) is 0 Å². The van der Waals surface area contributed by atoms with Crippen molar-refractivity contribution in [1.29, 1.82) is 0 Å². The number of esters is 1. The van der Waals surface area contributed by atoms with Gasteiger partial charge in [-0.3, -0.25) is 4.55 Å². The Balaban J connectivity index is 3.55. The molecule has 0 radical (unpaired) electrons. The van der Waals surface area contributed by atoms with Crippen LogP contribution in [-0.4, -0.2) is 54.6 Å². The molecule has 0 saturated heterocycles. The van der Waals surface area contributed by atoms with Crippen LogP contribution in [0.1, 0.15) is 103 Å². The molecule has 0 aromatic rings. The third-order valence-electron chi connectivity index (χ3n) is 4.98. The van der Waals surface area contributed by atoms with Crippen LogP contribution in [0.15, 0.2) is 0 Å². The van der Waals surface area contributed by atoms with Gasteiger partial charge < -0.3 is 14.9 Å². The quantitative estimate of drug-likeness (QED) is 0.135. The first-order chi connectivity index (χ1) is 14.3. The average molecular weight is 455 g/mol. The molecule has 0 heterocycles. The molecule has 0 aliphatic carbocycles. The van der Waals surface area contributed by atoms with E-state index in [-0.39, 0.29) is 6.42 Å². The fraction of sp³-hybridized carbons (Fsp3) is 0.952. The summed E-state index contributed by atoms with van der Waals surface area (Å²) in [5.41, 5.74) is 0. The van der Waals surface area contributed by atoms with Crippen molar-refractivity contribution in [2.75, 3.05) is 13.2 Å². The van der Waals surface area contributed by atoms with Gasteiger partial charge in [0.2, 0.25) is 0 Å². The number of unbranched alkanes of at least 4 members (excludes halogenated alkanes) is 13. The van der Waals surface area contributed by atoms with Crippen LogP contribution in [0.2, 0.25) is 0 Å². The zero-order chi connectivity index (χ0) is 22.7. The third kappa shape index (κ3) is 19.2. The van der Waals surface area contributed by atoms with Crippen molar-refractivity contribution < 1.29 is 36.9 Å². The van der Waals surface area contributed by atoms with Crippen molar-refractivity contribution in [2.45, 2.75) is 115 Å². The van der Waals surface area contributed by atoms with Crippen molar-refractivity contribution in [3.05, 3.63) is 0 Å². The zero-order valence-corrected chi connectivity index (χ0v) is 19.3. The molecule has 2 atom stereocenters. The van der Waals surface area contributed by atoms with Gasteiger partial charge in [0.15, 0.2) is 6.10 Å². The molecule has 0 amide bonds. The Hall–Kier alpha value is -0.740. The summed E-state index contributed by atoms with van der Waals surface area (Å²) in [4.78, 5) is 11.7. The standard InChI is InChI=1S/C21H42O8S/c1-2-3-4-5-6-7-8-9-10-11-12-13-14-15-16-20(23)21(24)28-18-19(17-22)29-30(25,26)27/h19-20,22-23H,2-18H2,1H3,(H,25,26,27). The molecule has 0 saturated carbocycles. The second-order valence-electron chi connectivity index (χ2n) is 7.86. The van der Waals surface area contributed by atoms with Crippen LogP contribution in [0.3, 0.4) is 0 Å². The SMILES string of the molecule is CCCCCCCCCCCCCCCCC(O)C(=O)OCC(CO)OS(=O)(=O)O. The van der Waals surface area contributed by atoms with E-state index < -0.39 is 41.8 Å². The molecule has 9 heteroatoms. The van der Waals surface area contributed by atoms with Gasteiger partial charge in [-0.05, 0) is 6.42 Å². The van der Waals surface area contributed by atoms with Crippen LogP contribution in [0, 0.1) is 0 Å². The van der Waals surface area contributed by atoms with E-state index in [1.807, 2.05) is 0 Å². The number of carbonyl (C=O) groups is 1. The first kappa shape index (κ1) is 29.3. The Morgan fingerprint density at radius 1 is 0.833 bits per heavy atom. The highest BCUT2D eigenvalue weighted by Gasteiger charge is 2.21. The summed E-state index contributed by atoms with van der Waals surface area (Å²) in [6.45, 7) is 0.896. The smallest absolute Gasteiger partial charge is 0.397 e. The number of hydrogen-bond acceptors (Lipinski definition) is 7. The maximum absolute atomic E-state index is 11.7. The van der Waals surface area contributed by atoms with E-state index in [2.05, 4.69) is 11.1 Å². The zero-order valence-electron chi connectivity index (χ0n) is 18.5. The molecule has 0 aromatic carbocycles. The van der Waals surface area contributed by atoms with Crippen LogP contribution in [0.4, 0.5) is 0 Å². The minimum atomic E-state index is -4.75. The summed E-state index contributed by atoms with van der Waals surface area (Å²) < 4.78 is 38.5. The number of rotatable bonds is 21. The normalized spacial score (nSPS) is 13.9. The van der Waals surface area contributed by atoms with Gasteiger partial charge in [-0.1, -0.05) is 96.8 Å². The maximum atomic E-state index is 11.7. The molecule has 2 unspecified atom stereocenters. The number of aliphatic hydroxyl groups is 2. The molecular formula is C21H42O8S. The maximum Gasteiger partial charge on any atom is 0.397 e. The molecule has 0 rings (SSSR count). The van der Waals surface area contributed by atoms with Crippen molar-refractivity contribution in [2.24, 2.45) is 0 Å². The van der Waals surface area contributed by atoms with Crippen molar-refractivity contribution in [3.63, 3.8) is 0 Å². The van der Waals surface area contributed by atoms with Crippen molar-refractivity contribution in [3.8, 4) is 0 Å². The largest absolute Gasteiger partial charge is 0.461 e. The van der Waals surface area contributed by atoms with Crippen molar-refractivity contribution >= 4 is 16.4 Å². The fourth-order valence-corrected chi connectivity index (χ4v) is 3.66. The molecule has 8 nitrogen and oxygen atoms in total. The number of hydrogen-bond donors (Lipinski definition) is 3. The summed E-state index contributed by atoms with van der Waals surface area (Å²) in [6.07, 6.45) is 14.6. The molecule has 0 spiro atoms. The monoisotopic (exact) mass is 454 g/mol. The van der Waals surface area contributed by atoms with Crippen LogP contribution >= 0.6 is 0 Å². The first-order valence-electron chi connectivity index (χ1n) is 11.4. The average Bonchev–Trinajstić information content (AvgIpc) is 2.70. The molecular weight excluding hydrogens is 412 g/mol. The van der Waals surface area contributed by atoms with Gasteiger partial charge in [0, 0.05) is 0 Å². The molecule has 30 heavy (non-hydrogen) atoms. The second-order valence-corrected chi connectivity index (χ2v) is 8.91. The summed E-state index contributed by atoms with van der Waals surface area (Å²) in [6, 6.07) is 0. The molecule has 0 fully saturated rings. The molecule has 0 aromatic heterocycles. The minimum Gasteiger partial charge on any atom is -0.461 e. The Labute approximate surface area is 182 Å². The lowest BCUT2D eigenvalue weighted by Crippen LogP contribution is -2.31. The summed E-state index contributed by atoms with van der Waals surface area (Å²) in [5.74, 6) is -0.901. The van der Waals surface area contributed by atoms with E-state index in [1.54, 1.807) is 0 Å². The van der Waals surface area contributed by atoms with Crippen LogP contribution in [0.25, 0.3) is 0 Å². The Morgan fingerprint density at radius 2 is 1.27 bits per heavy atom. The summed E-state index contributed by atoms with van der Waals surface area (Å²) in [5, 5.41) is 18.7. The van der Waals surface area contributed by atoms with Crippen molar-refractivity contribution in [1.82, 2.24) is 0 Å². The Morgan fingerprint density at radius 3 is 1.67 bits per heavy atom. The van der Waals surface area contributed by atoms with Gasteiger partial charge in [-0.2, -0.15) is 8.42 Å². The predicted octanol–water partition coefficient (Wildman–Crippen LogP) is 3.94. The molecule has 180 valence electrons. The topological polar surface area (TPSA) is 130 Å². The lowest BCUT2D eigenvalue weighted by atomic mass is 10.0. The molecule has 3 N–H and O–H groups in total. The van der Waals surface area contributed by atoms with Gasteiger partial charge in [0.1, 0.15) is 12.7 Å². The Kier molecular flexibility index (Phi) is 18.5. The summed E-state index contributed by atoms with van der Waals surface area (Å²) >= 11 is 0. The predicted molar refractivity (Wildman–Crippen MR) is 115 cm³/mol. The van der Waals surface area contributed by atoms with Gasteiger partial charge in [-0.25, -0.2) is 8.98 Å². The highest BCUT2D eigenvalue weighted by Crippen LogP contribution is 2.14. The number of ether oxygens (including phenoxy) is 1. The minimum absolute atomic E-state index is 0.264. The van der Waals surface area contributed by atoms with E-state index >= 15 is 0 Å². The van der Waals surface area contributed by atoms with E-state index in [1.165, 1.54) is 64.2 Å². The van der Waals surface area contributed by atoms with E-state index in [9.17, 15) is 18.3 Å².